The number of hydrogen-bond donors (Lipinski definition) is 2. The number of aromatic nitrogens is 4. The Bertz CT molecular complexity index is 1430. The molecule has 0 spiro atoms. The molecule has 1 atom stereocenters. The van der Waals surface area contributed by atoms with Crippen molar-refractivity contribution in [2.75, 3.05) is 18.0 Å². The summed E-state index contributed by atoms with van der Waals surface area (Å²) in [4.78, 5) is 39.6. The summed E-state index contributed by atoms with van der Waals surface area (Å²) in [6, 6.07) is 7.04. The van der Waals surface area contributed by atoms with Gasteiger partial charge in [0.15, 0.2) is 0 Å². The van der Waals surface area contributed by atoms with Crippen molar-refractivity contribution < 1.29 is 4.79 Å². The second-order valence-electron chi connectivity index (χ2n) is 9.47. The molecule has 2 N–H and O–H groups in total. The van der Waals surface area contributed by atoms with Gasteiger partial charge in [-0.2, -0.15) is 0 Å². The lowest BCUT2D eigenvalue weighted by Crippen LogP contribution is -2.35. The molecule has 4 heterocycles. The van der Waals surface area contributed by atoms with E-state index in [1.54, 1.807) is 18.3 Å². The van der Waals surface area contributed by atoms with E-state index in [1.807, 2.05) is 20.2 Å². The number of fused-ring (bicyclic) bond motifs is 2. The first-order valence-corrected chi connectivity index (χ1v) is 13.9. The van der Waals surface area contributed by atoms with Crippen LogP contribution in [0.2, 0.25) is 0 Å². The van der Waals surface area contributed by atoms with Gasteiger partial charge in [0.05, 0.1) is 34.1 Å². The normalized spacial score (nSPS) is 18.4. The van der Waals surface area contributed by atoms with Crippen LogP contribution in [0.15, 0.2) is 35.6 Å². The van der Waals surface area contributed by atoms with Gasteiger partial charge in [-0.25, -0.2) is 9.97 Å². The number of H-pyrrole nitrogens is 1. The van der Waals surface area contributed by atoms with Crippen LogP contribution in [0.5, 0.6) is 0 Å². The van der Waals surface area contributed by atoms with Crippen LogP contribution in [0.3, 0.4) is 0 Å². The Morgan fingerprint density at radius 2 is 1.94 bits per heavy atom. The number of amides is 1. The number of hydrogen-bond acceptors (Lipinski definition) is 6. The number of carbonyl (C=O) groups excluding carboxylic acids is 1. The Hall–Kier alpha value is -3.20. The van der Waals surface area contributed by atoms with Crippen LogP contribution >= 0.6 is 11.3 Å². The van der Waals surface area contributed by atoms with Crippen LogP contribution in [0.1, 0.15) is 65.3 Å². The number of benzene rings is 1. The Balaban J connectivity index is 0.00000130. The first kappa shape index (κ1) is 24.5. The molecule has 6 rings (SSSR count). The van der Waals surface area contributed by atoms with Gasteiger partial charge in [0.2, 0.25) is 5.91 Å². The number of imidazole rings is 1. The standard InChI is InChI=1S/C25H28N6O2S.C2H6/c1-15(32)29-17-9-10-30(12-17)25-21-22(26-13-27-24(21)33)23(34-25)16-7-8-20-19(11-16)28-14-31(20)18-5-3-2-4-6-18;1-2/h7-8,11,13-14,17-18H,2-6,9-10,12H2,1H3,(H,29,32)(H,26,27,33);1-2H3. The largest absolute Gasteiger partial charge is 0.361 e. The summed E-state index contributed by atoms with van der Waals surface area (Å²) in [7, 11) is 0. The van der Waals surface area contributed by atoms with E-state index < -0.39 is 0 Å². The van der Waals surface area contributed by atoms with Crippen LogP contribution in [-0.2, 0) is 4.79 Å². The zero-order valence-corrected chi connectivity index (χ0v) is 22.0. The van der Waals surface area contributed by atoms with E-state index in [0.29, 0.717) is 18.0 Å². The molecule has 1 aromatic carbocycles. The van der Waals surface area contributed by atoms with Gasteiger partial charge < -0.3 is 19.8 Å². The summed E-state index contributed by atoms with van der Waals surface area (Å²) in [6.45, 7) is 7.02. The van der Waals surface area contributed by atoms with Gasteiger partial charge in [-0.05, 0) is 37.0 Å². The van der Waals surface area contributed by atoms with E-state index in [-0.39, 0.29) is 17.5 Å². The molecule has 0 radical (unpaired) electrons. The predicted molar refractivity (Wildman–Crippen MR) is 147 cm³/mol. The zero-order valence-electron chi connectivity index (χ0n) is 21.2. The molecule has 0 bridgehead atoms. The predicted octanol–water partition coefficient (Wildman–Crippen LogP) is 5.25. The molecular weight excluding hydrogens is 472 g/mol. The molecule has 2 aliphatic rings. The summed E-state index contributed by atoms with van der Waals surface area (Å²) in [5, 5.41) is 4.54. The molecule has 3 aromatic heterocycles. The number of nitrogens with zero attached hydrogens (tertiary/aromatic N) is 4. The molecule has 1 saturated heterocycles. The van der Waals surface area contributed by atoms with Crippen molar-refractivity contribution in [1.29, 1.82) is 0 Å². The van der Waals surface area contributed by atoms with Crippen LogP contribution in [0, 0.1) is 0 Å². The molecule has 4 aromatic rings. The van der Waals surface area contributed by atoms with Gasteiger partial charge in [-0.3, -0.25) is 9.59 Å². The van der Waals surface area contributed by atoms with Crippen molar-refractivity contribution in [3.8, 4) is 10.4 Å². The molecule has 1 amide bonds. The van der Waals surface area contributed by atoms with E-state index in [4.69, 9.17) is 4.98 Å². The van der Waals surface area contributed by atoms with E-state index >= 15 is 0 Å². The van der Waals surface area contributed by atoms with Crippen LogP contribution < -0.4 is 15.8 Å². The average Bonchev–Trinajstić information content (AvgIpc) is 3.62. The highest BCUT2D eigenvalue weighted by atomic mass is 32.1. The Labute approximate surface area is 214 Å². The third kappa shape index (κ3) is 4.52. The Morgan fingerprint density at radius 1 is 1.14 bits per heavy atom. The van der Waals surface area contributed by atoms with Gasteiger partial charge in [0.25, 0.3) is 5.56 Å². The first-order valence-electron chi connectivity index (χ1n) is 13.1. The minimum atomic E-state index is -0.131. The highest BCUT2D eigenvalue weighted by Crippen LogP contribution is 2.43. The van der Waals surface area contributed by atoms with Crippen molar-refractivity contribution in [3.63, 3.8) is 0 Å². The molecule has 36 heavy (non-hydrogen) atoms. The third-order valence-electron chi connectivity index (χ3n) is 7.17. The maximum atomic E-state index is 12.8. The highest BCUT2D eigenvalue weighted by Gasteiger charge is 2.28. The first-order chi connectivity index (χ1) is 17.6. The molecular formula is C27H34N6O2S. The zero-order chi connectivity index (χ0) is 25.2. The molecule has 2 fully saturated rings. The fraction of sp³-hybridized carbons (Fsp3) is 0.481. The quantitative estimate of drug-likeness (QED) is 0.394. The van der Waals surface area contributed by atoms with Gasteiger partial charge in [0.1, 0.15) is 10.4 Å². The van der Waals surface area contributed by atoms with E-state index in [9.17, 15) is 9.59 Å². The summed E-state index contributed by atoms with van der Waals surface area (Å²) >= 11 is 1.60. The van der Waals surface area contributed by atoms with Crippen LogP contribution in [0.25, 0.3) is 32.4 Å². The maximum absolute atomic E-state index is 12.8. The second kappa shape index (κ2) is 10.4. The lowest BCUT2D eigenvalue weighted by Gasteiger charge is -2.23. The minimum absolute atomic E-state index is 0.0240. The van der Waals surface area contributed by atoms with Crippen LogP contribution in [-0.4, -0.2) is 44.6 Å². The van der Waals surface area contributed by atoms with Crippen molar-refractivity contribution in [1.82, 2.24) is 24.8 Å². The Kier molecular flexibility index (Phi) is 7.09. The number of thiophene rings is 1. The maximum Gasteiger partial charge on any atom is 0.261 e. The number of carbonyl (C=O) groups is 1. The monoisotopic (exact) mass is 506 g/mol. The fourth-order valence-electron chi connectivity index (χ4n) is 5.56. The SMILES string of the molecule is CC.CC(=O)NC1CCN(c2sc(-c3ccc4c(c3)ncn4C3CCCCC3)c3nc[nH]c(=O)c23)C1. The summed E-state index contributed by atoms with van der Waals surface area (Å²) in [6.07, 6.45) is 10.6. The van der Waals surface area contributed by atoms with E-state index in [0.717, 1.165) is 39.4 Å². The molecule has 1 saturated carbocycles. The van der Waals surface area contributed by atoms with Gasteiger partial charge in [-0.1, -0.05) is 39.2 Å². The molecule has 1 unspecified atom stereocenters. The second-order valence-corrected chi connectivity index (χ2v) is 10.5. The van der Waals surface area contributed by atoms with Crippen molar-refractivity contribution in [2.45, 2.75) is 71.4 Å². The Morgan fingerprint density at radius 3 is 2.72 bits per heavy atom. The van der Waals surface area contributed by atoms with Crippen molar-refractivity contribution >= 4 is 44.2 Å². The van der Waals surface area contributed by atoms with Gasteiger partial charge >= 0.3 is 0 Å². The third-order valence-corrected chi connectivity index (χ3v) is 8.46. The highest BCUT2D eigenvalue weighted by molar-refractivity contribution is 7.21. The lowest BCUT2D eigenvalue weighted by atomic mass is 9.95. The minimum Gasteiger partial charge on any atom is -0.361 e. The van der Waals surface area contributed by atoms with Crippen molar-refractivity contribution in [2.24, 2.45) is 0 Å². The van der Waals surface area contributed by atoms with Gasteiger partial charge in [0, 0.05) is 32.1 Å². The van der Waals surface area contributed by atoms with Gasteiger partial charge in [-0.15, -0.1) is 11.3 Å². The molecule has 9 heteroatoms. The molecule has 190 valence electrons. The topological polar surface area (TPSA) is 95.9 Å². The summed E-state index contributed by atoms with van der Waals surface area (Å²) in [5.74, 6) is -0.0240. The average molecular weight is 507 g/mol. The smallest absolute Gasteiger partial charge is 0.261 e. The number of anilines is 1. The molecule has 8 nitrogen and oxygen atoms in total. The number of nitrogens with one attached hydrogen (secondary N) is 2. The number of aromatic amines is 1. The molecule has 1 aliphatic heterocycles. The lowest BCUT2D eigenvalue weighted by molar-refractivity contribution is -0.119. The van der Waals surface area contributed by atoms with E-state index in [2.05, 4.69) is 43.0 Å². The fourth-order valence-corrected chi connectivity index (χ4v) is 6.83. The van der Waals surface area contributed by atoms with Crippen LogP contribution in [0.4, 0.5) is 5.00 Å². The van der Waals surface area contributed by atoms with Crippen molar-refractivity contribution in [3.05, 3.63) is 41.2 Å². The van der Waals surface area contributed by atoms with E-state index in [1.165, 1.54) is 43.9 Å². The summed E-state index contributed by atoms with van der Waals surface area (Å²) < 4.78 is 2.34. The molecule has 1 aliphatic carbocycles. The summed E-state index contributed by atoms with van der Waals surface area (Å²) in [5.41, 5.74) is 3.76. The number of rotatable bonds is 4.